The summed E-state index contributed by atoms with van der Waals surface area (Å²) in [6.07, 6.45) is 0. The summed E-state index contributed by atoms with van der Waals surface area (Å²) >= 11 is 3.47. The first-order chi connectivity index (χ1) is 25.5. The van der Waals surface area contributed by atoms with E-state index in [2.05, 4.69) is 36.8 Å². The molecule has 0 unspecified atom stereocenters. The van der Waals surface area contributed by atoms with Gasteiger partial charge in [-0.25, -0.2) is 18.1 Å². The van der Waals surface area contributed by atoms with Crippen molar-refractivity contribution in [3.05, 3.63) is 151 Å². The molecule has 6 rings (SSSR count). The summed E-state index contributed by atoms with van der Waals surface area (Å²) in [5, 5.41) is 14.5. The Morgan fingerprint density at radius 1 is 0.623 bits per heavy atom. The molecule has 2 heterocycles. The number of halogens is 3. The van der Waals surface area contributed by atoms with Crippen molar-refractivity contribution in [2.75, 3.05) is 10.6 Å². The van der Waals surface area contributed by atoms with E-state index in [1.165, 1.54) is 35.3 Å². The summed E-state index contributed by atoms with van der Waals surface area (Å²) in [6.45, 7) is 6.97. The van der Waals surface area contributed by atoms with E-state index in [9.17, 15) is 28.0 Å². The van der Waals surface area contributed by atoms with Gasteiger partial charge in [0.1, 0.15) is 22.8 Å². The van der Waals surface area contributed by atoms with E-state index in [-0.39, 0.29) is 40.5 Å². The van der Waals surface area contributed by atoms with Crippen molar-refractivity contribution in [1.82, 2.24) is 19.6 Å². The molecular weight excluding hydrogens is 746 g/mol. The van der Waals surface area contributed by atoms with Crippen LogP contribution < -0.4 is 21.8 Å². The number of nitrogens with one attached hydrogen (secondary N) is 2. The largest absolute Gasteiger partial charge is 0.349 e. The number of aryl methyl sites for hydroxylation is 2. The van der Waals surface area contributed by atoms with Crippen molar-refractivity contribution >= 4 is 50.2 Å². The molecule has 0 atom stereocenters. The van der Waals surface area contributed by atoms with Crippen LogP contribution >= 0.6 is 15.9 Å². The fraction of sp³-hybridized carbons (Fsp3) is 0.150. The maximum absolute atomic E-state index is 14.1. The number of carbonyl (C=O) groups excluding carboxylic acids is 2. The second-order valence-electron chi connectivity index (χ2n) is 11.6. The lowest BCUT2D eigenvalue weighted by Crippen LogP contribution is -2.28. The molecule has 0 radical (unpaired) electrons. The minimum Gasteiger partial charge on any atom is -0.349 e. The van der Waals surface area contributed by atoms with Crippen LogP contribution in [-0.2, 0) is 13.1 Å². The SMILES string of the molecule is CCn1nc(-c2ccccc2)c(C(C)=O)c(Nc2cccc(F)c2F)c1=O.CCn1nc(-c2ccccc2)c(C(C)=O)c(Nc2ccccc2Br)c1=O. The molecule has 0 saturated heterocycles. The third-order valence-corrected chi connectivity index (χ3v) is 8.75. The summed E-state index contributed by atoms with van der Waals surface area (Å²) in [4.78, 5) is 50.5. The standard InChI is InChI=1S/C20H18BrN3O2.C20H17F2N3O2/c1-3-24-20(26)19(22-16-12-8-7-11-15(16)21)17(13(2)25)18(23-24)14-9-5-4-6-10-14;1-3-25-20(27)19(23-15-11-7-10-14(21)17(15)22)16(12(2)26)18(24-25)13-8-5-4-6-9-13/h4-12,22H,3H2,1-2H3;4-11,23H,3H2,1-2H3. The number of Topliss-reactive ketones (excluding diaryl/α,β-unsaturated/α-hetero) is 2. The molecule has 6 aromatic rings. The molecule has 0 aliphatic heterocycles. The molecule has 13 heteroatoms. The highest BCUT2D eigenvalue weighted by molar-refractivity contribution is 9.10. The molecule has 4 aromatic carbocycles. The summed E-state index contributed by atoms with van der Waals surface area (Å²) < 4.78 is 31.0. The number of para-hydroxylation sites is 1. The number of hydrogen-bond acceptors (Lipinski definition) is 8. The lowest BCUT2D eigenvalue weighted by atomic mass is 10.0. The quantitative estimate of drug-likeness (QED) is 0.132. The normalized spacial score (nSPS) is 10.6. The van der Waals surface area contributed by atoms with E-state index in [4.69, 9.17) is 0 Å². The lowest BCUT2D eigenvalue weighted by molar-refractivity contribution is 0.101. The molecule has 0 aliphatic rings. The summed E-state index contributed by atoms with van der Waals surface area (Å²) in [5.74, 6) is -2.82. The van der Waals surface area contributed by atoms with Crippen LogP contribution in [0, 0.1) is 11.6 Å². The molecule has 53 heavy (non-hydrogen) atoms. The molecule has 0 fully saturated rings. The van der Waals surface area contributed by atoms with Crippen molar-refractivity contribution in [2.24, 2.45) is 0 Å². The van der Waals surface area contributed by atoms with Gasteiger partial charge in [0.05, 0.1) is 22.5 Å². The zero-order valence-corrected chi connectivity index (χ0v) is 30.9. The van der Waals surface area contributed by atoms with Gasteiger partial charge in [-0.1, -0.05) is 78.9 Å². The highest BCUT2D eigenvalue weighted by Crippen LogP contribution is 2.31. The van der Waals surface area contributed by atoms with Gasteiger partial charge in [0.2, 0.25) is 0 Å². The van der Waals surface area contributed by atoms with Crippen LogP contribution in [0.15, 0.2) is 117 Å². The zero-order valence-electron chi connectivity index (χ0n) is 29.3. The highest BCUT2D eigenvalue weighted by Gasteiger charge is 2.24. The Morgan fingerprint density at radius 2 is 1.04 bits per heavy atom. The monoisotopic (exact) mass is 780 g/mol. The first-order valence-corrected chi connectivity index (χ1v) is 17.4. The van der Waals surface area contributed by atoms with Gasteiger partial charge in [-0.2, -0.15) is 10.2 Å². The number of nitrogens with zero attached hydrogens (tertiary/aromatic N) is 4. The number of carbonyl (C=O) groups is 2. The van der Waals surface area contributed by atoms with Gasteiger partial charge in [-0.15, -0.1) is 0 Å². The Bertz CT molecular complexity index is 2420. The minimum atomic E-state index is -1.13. The Kier molecular flexibility index (Phi) is 12.2. The molecule has 0 spiro atoms. The van der Waals surface area contributed by atoms with Gasteiger partial charge in [-0.05, 0) is 67.9 Å². The maximum Gasteiger partial charge on any atom is 0.291 e. The van der Waals surface area contributed by atoms with Crippen LogP contribution in [0.1, 0.15) is 48.4 Å². The summed E-state index contributed by atoms with van der Waals surface area (Å²) in [7, 11) is 0. The Hall–Kier alpha value is -6.08. The van der Waals surface area contributed by atoms with Crippen LogP contribution in [0.25, 0.3) is 22.5 Å². The number of rotatable bonds is 10. The summed E-state index contributed by atoms with van der Waals surface area (Å²) in [5.41, 5.74) is 2.19. The predicted octanol–water partition coefficient (Wildman–Crippen LogP) is 8.79. The van der Waals surface area contributed by atoms with E-state index in [0.29, 0.717) is 34.7 Å². The van der Waals surface area contributed by atoms with E-state index in [1.807, 2.05) is 67.6 Å². The van der Waals surface area contributed by atoms with Gasteiger partial charge < -0.3 is 10.6 Å². The first kappa shape index (κ1) is 38.2. The fourth-order valence-corrected chi connectivity index (χ4v) is 5.90. The number of hydrogen-bond donors (Lipinski definition) is 2. The molecule has 10 nitrogen and oxygen atoms in total. The van der Waals surface area contributed by atoms with Crippen molar-refractivity contribution in [1.29, 1.82) is 0 Å². The third kappa shape index (κ3) is 8.36. The third-order valence-electron chi connectivity index (χ3n) is 8.05. The van der Waals surface area contributed by atoms with E-state index < -0.39 is 23.0 Å². The molecule has 0 saturated carbocycles. The van der Waals surface area contributed by atoms with Crippen LogP contribution in [0.5, 0.6) is 0 Å². The lowest BCUT2D eigenvalue weighted by Gasteiger charge is -2.16. The minimum absolute atomic E-state index is 0.0274. The Balaban J connectivity index is 0.000000204. The number of ketones is 2. The summed E-state index contributed by atoms with van der Waals surface area (Å²) in [6, 6.07) is 29.3. The number of anilines is 4. The fourth-order valence-electron chi connectivity index (χ4n) is 5.52. The highest BCUT2D eigenvalue weighted by atomic mass is 79.9. The van der Waals surface area contributed by atoms with E-state index in [1.54, 1.807) is 31.2 Å². The Labute approximate surface area is 312 Å². The van der Waals surface area contributed by atoms with E-state index in [0.717, 1.165) is 16.1 Å². The second-order valence-corrected chi connectivity index (χ2v) is 12.5. The van der Waals surface area contributed by atoms with Gasteiger partial charge in [0.25, 0.3) is 11.1 Å². The maximum atomic E-state index is 14.1. The number of benzene rings is 4. The van der Waals surface area contributed by atoms with Crippen LogP contribution in [0.4, 0.5) is 31.5 Å². The van der Waals surface area contributed by atoms with Gasteiger partial charge in [-0.3, -0.25) is 19.2 Å². The van der Waals surface area contributed by atoms with Crippen LogP contribution in [-0.4, -0.2) is 31.1 Å². The van der Waals surface area contributed by atoms with Crippen LogP contribution in [0.3, 0.4) is 0 Å². The van der Waals surface area contributed by atoms with Gasteiger partial charge in [0, 0.05) is 28.7 Å². The molecule has 0 amide bonds. The zero-order chi connectivity index (χ0) is 38.2. The van der Waals surface area contributed by atoms with Crippen molar-refractivity contribution in [3.8, 4) is 22.5 Å². The van der Waals surface area contributed by atoms with Crippen molar-refractivity contribution < 1.29 is 18.4 Å². The predicted molar refractivity (Wildman–Crippen MR) is 206 cm³/mol. The average molecular weight is 782 g/mol. The second kappa shape index (κ2) is 17.0. The van der Waals surface area contributed by atoms with Gasteiger partial charge >= 0.3 is 0 Å². The van der Waals surface area contributed by atoms with Gasteiger partial charge in [0.15, 0.2) is 23.2 Å². The average Bonchev–Trinajstić information content (AvgIpc) is 3.16. The van der Waals surface area contributed by atoms with Crippen LogP contribution in [0.2, 0.25) is 0 Å². The smallest absolute Gasteiger partial charge is 0.291 e. The molecule has 0 aliphatic carbocycles. The first-order valence-electron chi connectivity index (χ1n) is 16.6. The molecule has 2 N–H and O–H groups in total. The Morgan fingerprint density at radius 3 is 1.47 bits per heavy atom. The topological polar surface area (TPSA) is 128 Å². The van der Waals surface area contributed by atoms with Crippen molar-refractivity contribution in [2.45, 2.75) is 40.8 Å². The molecular formula is C40H35BrF2N6O4. The van der Waals surface area contributed by atoms with E-state index >= 15 is 0 Å². The van der Waals surface area contributed by atoms with Crippen molar-refractivity contribution in [3.63, 3.8) is 0 Å². The molecule has 270 valence electrons. The molecule has 0 bridgehead atoms. The molecule has 2 aromatic heterocycles. The number of aromatic nitrogens is 4.